The predicted molar refractivity (Wildman–Crippen MR) is 90.6 cm³/mol. The number of amides is 2. The Hall–Kier alpha value is -2.08. The molecule has 3 aromatic rings. The van der Waals surface area contributed by atoms with E-state index in [1.807, 2.05) is 37.3 Å². The van der Waals surface area contributed by atoms with Gasteiger partial charge in [0, 0.05) is 0 Å². The van der Waals surface area contributed by atoms with Crippen molar-refractivity contribution in [3.8, 4) is 5.69 Å². The molecule has 1 aromatic carbocycles. The quantitative estimate of drug-likeness (QED) is 0.520. The van der Waals surface area contributed by atoms with Gasteiger partial charge < -0.3 is 0 Å². The normalized spacial score (nSPS) is 10.9. The summed E-state index contributed by atoms with van der Waals surface area (Å²) in [5, 5.41) is 8.00. The van der Waals surface area contributed by atoms with Crippen molar-refractivity contribution in [2.45, 2.75) is 6.92 Å². The van der Waals surface area contributed by atoms with Gasteiger partial charge in [0.25, 0.3) is 0 Å². The zero-order valence-corrected chi connectivity index (χ0v) is 14.6. The summed E-state index contributed by atoms with van der Waals surface area (Å²) < 4.78 is 3.11. The Bertz CT molecular complexity index is 901. The third-order valence-electron chi connectivity index (χ3n) is 3.30. The topological polar surface area (TPSA) is 90.0 Å². The molecule has 118 valence electrons. The maximum atomic E-state index is 11.8. The monoisotopic (exact) mass is 396 g/mol. The molecule has 0 aliphatic carbocycles. The van der Waals surface area contributed by atoms with Gasteiger partial charge >= 0.3 is 143 Å². The number of hydrogen-bond donors (Lipinski definition) is 2. The number of nitrogens with zero attached hydrogens (tertiary/aromatic N) is 2. The standard InChI is InChI=1S/C15H13ClN4O2Se/c1-8-11-12(18-10(21)7-16)13(14(17)22)23-15(11)20(19-8)9-5-3-2-4-6-9/h2-6H,7H2,1H3,(H2,17,22)(H,18,21). The molecule has 2 amide bonds. The molecule has 0 radical (unpaired) electrons. The second-order valence-corrected chi connectivity index (χ2v) is 7.23. The molecule has 8 heteroatoms. The molecule has 3 N–H and O–H groups in total. The molecule has 0 aliphatic heterocycles. The van der Waals surface area contributed by atoms with E-state index < -0.39 is 5.91 Å². The van der Waals surface area contributed by atoms with Crippen LogP contribution in [0.1, 0.15) is 14.9 Å². The zero-order chi connectivity index (χ0) is 16.6. The van der Waals surface area contributed by atoms with Crippen molar-refractivity contribution in [1.82, 2.24) is 9.78 Å². The summed E-state index contributed by atoms with van der Waals surface area (Å²) in [6.45, 7) is 1.84. The molecule has 0 fully saturated rings. The number of carbonyl (C=O) groups excluding carboxylic acids is 2. The summed E-state index contributed by atoms with van der Waals surface area (Å²) >= 11 is 5.22. The van der Waals surface area contributed by atoms with Gasteiger partial charge in [-0.2, -0.15) is 0 Å². The van der Waals surface area contributed by atoms with Crippen LogP contribution in [0.4, 0.5) is 5.69 Å². The third kappa shape index (κ3) is 2.79. The Morgan fingerprint density at radius 1 is 1.35 bits per heavy atom. The molecule has 0 spiro atoms. The number of carbonyl (C=O) groups is 2. The molecular formula is C15H13ClN4O2Se. The Morgan fingerprint density at radius 3 is 2.65 bits per heavy atom. The van der Waals surface area contributed by atoms with Crippen molar-refractivity contribution in [2.75, 3.05) is 11.2 Å². The van der Waals surface area contributed by atoms with Gasteiger partial charge in [0.05, 0.1) is 0 Å². The fourth-order valence-corrected chi connectivity index (χ4v) is 4.80. The first-order valence-electron chi connectivity index (χ1n) is 6.76. The SMILES string of the molecule is Cc1nn(-c2ccccc2)c2[se]c(C(N)=O)c(NC(=O)CCl)c12. The summed E-state index contributed by atoms with van der Waals surface area (Å²) in [6.07, 6.45) is 0. The van der Waals surface area contributed by atoms with E-state index in [2.05, 4.69) is 10.4 Å². The predicted octanol–water partition coefficient (Wildman–Crippen LogP) is 1.67. The number of primary amides is 1. The summed E-state index contributed by atoms with van der Waals surface area (Å²) in [7, 11) is 0. The van der Waals surface area contributed by atoms with Crippen LogP contribution < -0.4 is 11.1 Å². The van der Waals surface area contributed by atoms with Crippen LogP contribution in [0.15, 0.2) is 30.3 Å². The van der Waals surface area contributed by atoms with Crippen molar-refractivity contribution >= 4 is 53.4 Å². The van der Waals surface area contributed by atoms with Gasteiger partial charge in [-0.25, -0.2) is 0 Å². The van der Waals surface area contributed by atoms with E-state index in [1.165, 1.54) is 0 Å². The van der Waals surface area contributed by atoms with Gasteiger partial charge in [0.15, 0.2) is 0 Å². The van der Waals surface area contributed by atoms with E-state index in [4.69, 9.17) is 17.3 Å². The van der Waals surface area contributed by atoms with E-state index in [0.717, 1.165) is 21.2 Å². The fraction of sp³-hybridized carbons (Fsp3) is 0.133. The molecule has 0 aliphatic rings. The van der Waals surface area contributed by atoms with Gasteiger partial charge in [0.2, 0.25) is 0 Å². The molecule has 23 heavy (non-hydrogen) atoms. The maximum absolute atomic E-state index is 11.8. The van der Waals surface area contributed by atoms with Crippen LogP contribution in [0.5, 0.6) is 0 Å². The minimum atomic E-state index is -0.537. The van der Waals surface area contributed by atoms with Crippen molar-refractivity contribution in [3.63, 3.8) is 0 Å². The van der Waals surface area contributed by atoms with Crippen molar-refractivity contribution < 1.29 is 9.59 Å². The van der Waals surface area contributed by atoms with Gasteiger partial charge in [-0.3, -0.25) is 0 Å². The fourth-order valence-electron chi connectivity index (χ4n) is 2.36. The van der Waals surface area contributed by atoms with Gasteiger partial charge in [-0.1, -0.05) is 0 Å². The first-order valence-corrected chi connectivity index (χ1v) is 9.01. The molecule has 3 rings (SSSR count). The molecule has 0 saturated carbocycles. The number of rotatable bonds is 4. The van der Waals surface area contributed by atoms with Crippen LogP contribution in [0, 0.1) is 6.92 Å². The molecule has 0 saturated heterocycles. The number of anilines is 1. The zero-order valence-electron chi connectivity index (χ0n) is 12.2. The molecule has 2 aromatic heterocycles. The van der Waals surface area contributed by atoms with Crippen molar-refractivity contribution in [3.05, 3.63) is 40.5 Å². The van der Waals surface area contributed by atoms with Crippen molar-refractivity contribution in [1.29, 1.82) is 0 Å². The third-order valence-corrected chi connectivity index (χ3v) is 6.02. The first kappa shape index (κ1) is 15.8. The molecular weight excluding hydrogens is 383 g/mol. The van der Waals surface area contributed by atoms with Crippen LogP contribution in [0.2, 0.25) is 0 Å². The summed E-state index contributed by atoms with van der Waals surface area (Å²) in [6, 6.07) is 9.62. The number of halogens is 1. The number of nitrogens with two attached hydrogens (primary N) is 1. The van der Waals surface area contributed by atoms with E-state index in [9.17, 15) is 9.59 Å². The summed E-state index contributed by atoms with van der Waals surface area (Å²) in [4.78, 5) is 23.5. The van der Waals surface area contributed by atoms with Crippen LogP contribution in [-0.2, 0) is 4.79 Å². The Labute approximate surface area is 143 Å². The summed E-state index contributed by atoms with van der Waals surface area (Å²) in [5.41, 5.74) is 7.55. The Balaban J connectivity index is 2.26. The average molecular weight is 396 g/mol. The van der Waals surface area contributed by atoms with Crippen LogP contribution in [-0.4, -0.2) is 42.0 Å². The minimum absolute atomic E-state index is 0.191. The first-order chi connectivity index (χ1) is 11.0. The number of aromatic nitrogens is 2. The van der Waals surface area contributed by atoms with Gasteiger partial charge in [-0.15, -0.1) is 0 Å². The molecule has 6 nitrogen and oxygen atoms in total. The average Bonchev–Trinajstić information content (AvgIpc) is 3.07. The summed E-state index contributed by atoms with van der Waals surface area (Å²) in [5.74, 6) is -1.11. The van der Waals surface area contributed by atoms with Gasteiger partial charge in [-0.05, 0) is 0 Å². The number of aryl methyl sites for hydroxylation is 1. The number of para-hydroxylation sites is 1. The molecule has 2 heterocycles. The van der Waals surface area contributed by atoms with Crippen molar-refractivity contribution in [2.24, 2.45) is 5.73 Å². The second kappa shape index (κ2) is 6.20. The number of hydrogen-bond acceptors (Lipinski definition) is 3. The van der Waals surface area contributed by atoms with Crippen LogP contribution in [0.25, 0.3) is 15.5 Å². The van der Waals surface area contributed by atoms with E-state index in [1.54, 1.807) is 4.68 Å². The molecule has 0 bridgehead atoms. The number of benzene rings is 1. The van der Waals surface area contributed by atoms with Gasteiger partial charge in [0.1, 0.15) is 0 Å². The molecule has 0 unspecified atom stereocenters. The number of alkyl halides is 1. The van der Waals surface area contributed by atoms with E-state index in [-0.39, 0.29) is 26.3 Å². The van der Waals surface area contributed by atoms with E-state index >= 15 is 0 Å². The second-order valence-electron chi connectivity index (χ2n) is 4.87. The van der Waals surface area contributed by atoms with E-state index in [0.29, 0.717) is 10.1 Å². The van der Waals surface area contributed by atoms with Crippen LogP contribution >= 0.6 is 11.6 Å². The Morgan fingerprint density at radius 2 is 2.04 bits per heavy atom. The Kier molecular flexibility index (Phi) is 4.26. The molecule has 0 atom stereocenters. The number of nitrogens with one attached hydrogen (secondary N) is 1. The van der Waals surface area contributed by atoms with Crippen LogP contribution in [0.3, 0.4) is 0 Å². The number of fused-ring (bicyclic) bond motifs is 1.